The number of carbonyl (C=O) groups excluding carboxylic acids is 1. The van der Waals surface area contributed by atoms with Crippen molar-refractivity contribution in [1.29, 1.82) is 0 Å². The van der Waals surface area contributed by atoms with E-state index >= 15 is 8.78 Å². The number of hydrogen-bond acceptors (Lipinski definition) is 5. The Hall–Kier alpha value is -1.18. The smallest absolute Gasteiger partial charge is 0.293 e. The standard InChI is InChI=1S/C22H30ClF4N3O4S.ClH/c1-2-16-35(32,33)30-14-12-29(13-15-30)20(8-10-21(24,25)11-9-20)19(23)22(26,27)34-28-18(31)17-6-4-3-5-7-17;/h3-7,19H,2,8-16H2,1H3,(H,28,31);1H. The number of halogens is 6. The van der Waals surface area contributed by atoms with Gasteiger partial charge in [0.1, 0.15) is 5.38 Å². The lowest BCUT2D eigenvalue weighted by Crippen LogP contribution is -2.67. The van der Waals surface area contributed by atoms with Crippen LogP contribution in [0, 0.1) is 0 Å². The first kappa shape index (κ1) is 31.0. The molecule has 0 aromatic heterocycles. The van der Waals surface area contributed by atoms with Crippen molar-refractivity contribution < 1.29 is 35.6 Å². The largest absolute Gasteiger partial charge is 0.393 e. The van der Waals surface area contributed by atoms with Crippen LogP contribution in [-0.4, -0.2) is 78.4 Å². The summed E-state index contributed by atoms with van der Waals surface area (Å²) in [4.78, 5) is 18.2. The molecule has 3 rings (SSSR count). The van der Waals surface area contributed by atoms with Crippen molar-refractivity contribution in [3.63, 3.8) is 0 Å². The zero-order valence-corrected chi connectivity index (χ0v) is 22.2. The first-order valence-electron chi connectivity index (χ1n) is 11.5. The molecule has 2 fully saturated rings. The minimum absolute atomic E-state index is 0. The molecule has 1 saturated heterocycles. The molecule has 1 aromatic carbocycles. The predicted molar refractivity (Wildman–Crippen MR) is 130 cm³/mol. The van der Waals surface area contributed by atoms with Gasteiger partial charge in [-0.1, -0.05) is 25.1 Å². The summed E-state index contributed by atoms with van der Waals surface area (Å²) in [6, 6.07) is 7.57. The van der Waals surface area contributed by atoms with Gasteiger partial charge in [-0.3, -0.25) is 9.69 Å². The van der Waals surface area contributed by atoms with Gasteiger partial charge in [0.15, 0.2) is 0 Å². The second-order valence-corrected chi connectivity index (χ2v) is 11.5. The summed E-state index contributed by atoms with van der Waals surface area (Å²) in [5.74, 6) is -3.95. The second kappa shape index (κ2) is 12.1. The van der Waals surface area contributed by atoms with Gasteiger partial charge >= 0.3 is 6.11 Å². The molecule has 1 atom stereocenters. The molecule has 1 aliphatic heterocycles. The molecule has 1 aliphatic carbocycles. The van der Waals surface area contributed by atoms with E-state index in [1.54, 1.807) is 35.5 Å². The van der Waals surface area contributed by atoms with E-state index in [0.717, 1.165) is 0 Å². The first-order chi connectivity index (χ1) is 16.3. The van der Waals surface area contributed by atoms with Crippen molar-refractivity contribution >= 4 is 39.9 Å². The third-order valence-corrected chi connectivity index (χ3v) is 9.39. The highest BCUT2D eigenvalue weighted by atomic mass is 35.5. The average molecular weight is 580 g/mol. The van der Waals surface area contributed by atoms with Gasteiger partial charge in [0.05, 0.1) is 5.75 Å². The third-order valence-electron chi connectivity index (χ3n) is 6.65. The molecule has 1 N–H and O–H groups in total. The molecule has 0 radical (unpaired) electrons. The van der Waals surface area contributed by atoms with Gasteiger partial charge in [-0.25, -0.2) is 27.5 Å². The Bertz CT molecular complexity index is 971. The Morgan fingerprint density at radius 3 is 2.19 bits per heavy atom. The zero-order valence-electron chi connectivity index (χ0n) is 19.8. The molecule has 206 valence electrons. The number of hydrogen-bond donors (Lipinski definition) is 1. The van der Waals surface area contributed by atoms with E-state index in [-0.39, 0.29) is 62.7 Å². The van der Waals surface area contributed by atoms with E-state index in [1.165, 1.54) is 16.4 Å². The summed E-state index contributed by atoms with van der Waals surface area (Å²) in [5, 5.41) is -2.08. The monoisotopic (exact) mass is 579 g/mol. The van der Waals surface area contributed by atoms with E-state index < -0.39 is 51.7 Å². The van der Waals surface area contributed by atoms with Crippen LogP contribution in [0.3, 0.4) is 0 Å². The number of piperazine rings is 1. The van der Waals surface area contributed by atoms with Crippen molar-refractivity contribution in [3.05, 3.63) is 35.9 Å². The number of rotatable bonds is 9. The number of carbonyl (C=O) groups is 1. The Morgan fingerprint density at radius 2 is 1.67 bits per heavy atom. The number of hydroxylamine groups is 1. The Balaban J connectivity index is 0.00000456. The average Bonchev–Trinajstić information content (AvgIpc) is 2.83. The maximum Gasteiger partial charge on any atom is 0.393 e. The lowest BCUT2D eigenvalue weighted by molar-refractivity contribution is -0.280. The molecule has 2 aliphatic rings. The summed E-state index contributed by atoms with van der Waals surface area (Å²) in [6.45, 7) is 1.94. The maximum atomic E-state index is 15.1. The van der Waals surface area contributed by atoms with Crippen LogP contribution >= 0.6 is 24.0 Å². The van der Waals surface area contributed by atoms with Gasteiger partial charge in [0, 0.05) is 50.1 Å². The van der Waals surface area contributed by atoms with Gasteiger partial charge in [-0.15, -0.1) is 24.0 Å². The van der Waals surface area contributed by atoms with E-state index in [1.807, 2.05) is 0 Å². The van der Waals surface area contributed by atoms with Crippen LogP contribution in [0.2, 0.25) is 0 Å². The number of alkyl halides is 5. The fourth-order valence-corrected chi connectivity index (χ4v) is 6.60. The number of nitrogens with one attached hydrogen (secondary N) is 1. The van der Waals surface area contributed by atoms with Crippen LogP contribution < -0.4 is 5.48 Å². The Labute approximate surface area is 219 Å². The molecule has 14 heteroatoms. The van der Waals surface area contributed by atoms with Gasteiger partial charge < -0.3 is 0 Å². The van der Waals surface area contributed by atoms with E-state index in [0.29, 0.717) is 6.42 Å². The van der Waals surface area contributed by atoms with Gasteiger partial charge in [-0.05, 0) is 31.4 Å². The predicted octanol–water partition coefficient (Wildman–Crippen LogP) is 4.28. The topological polar surface area (TPSA) is 79.0 Å². The van der Waals surface area contributed by atoms with Crippen molar-refractivity contribution in [2.24, 2.45) is 0 Å². The number of amides is 1. The van der Waals surface area contributed by atoms with Crippen LogP contribution in [0.1, 0.15) is 49.4 Å². The molecule has 1 saturated carbocycles. The molecule has 7 nitrogen and oxygen atoms in total. The van der Waals surface area contributed by atoms with Gasteiger partial charge in [0.2, 0.25) is 15.9 Å². The second-order valence-electron chi connectivity index (χ2n) is 8.99. The Kier molecular flexibility index (Phi) is 10.5. The highest BCUT2D eigenvalue weighted by Gasteiger charge is 2.59. The number of sulfonamides is 1. The third kappa shape index (κ3) is 7.02. The molecule has 1 amide bonds. The van der Waals surface area contributed by atoms with Crippen molar-refractivity contribution in [1.82, 2.24) is 14.7 Å². The molecule has 1 unspecified atom stereocenters. The summed E-state index contributed by atoms with van der Waals surface area (Å²) < 4.78 is 84.4. The van der Waals surface area contributed by atoms with E-state index in [9.17, 15) is 22.0 Å². The molecule has 36 heavy (non-hydrogen) atoms. The van der Waals surface area contributed by atoms with Crippen molar-refractivity contribution in [3.8, 4) is 0 Å². The molecule has 0 spiro atoms. The van der Waals surface area contributed by atoms with Gasteiger partial charge in [-0.2, -0.15) is 13.1 Å². The number of benzene rings is 1. The summed E-state index contributed by atoms with van der Waals surface area (Å²) in [6.07, 6.45) is -5.61. The summed E-state index contributed by atoms with van der Waals surface area (Å²) in [5.41, 5.74) is 0.219. The molecule has 1 aromatic rings. The lowest BCUT2D eigenvalue weighted by Gasteiger charge is -2.53. The van der Waals surface area contributed by atoms with E-state index in [2.05, 4.69) is 4.84 Å². The van der Waals surface area contributed by atoms with Crippen LogP contribution in [0.15, 0.2) is 30.3 Å². The molecular weight excluding hydrogens is 549 g/mol. The van der Waals surface area contributed by atoms with Crippen LogP contribution in [-0.2, 0) is 14.9 Å². The van der Waals surface area contributed by atoms with Crippen molar-refractivity contribution in [2.45, 2.75) is 62.0 Å². The highest BCUT2D eigenvalue weighted by Crippen LogP contribution is 2.49. The molecule has 1 heterocycles. The summed E-state index contributed by atoms with van der Waals surface area (Å²) in [7, 11) is -3.49. The molecular formula is C22H31Cl2F4N3O4S. The fourth-order valence-electron chi connectivity index (χ4n) is 4.70. The number of nitrogens with zero attached hydrogens (tertiary/aromatic N) is 2. The Morgan fingerprint density at radius 1 is 1.11 bits per heavy atom. The van der Waals surface area contributed by atoms with Crippen molar-refractivity contribution in [2.75, 3.05) is 31.9 Å². The highest BCUT2D eigenvalue weighted by molar-refractivity contribution is 7.89. The minimum atomic E-state index is -4.09. The fraction of sp³-hybridized carbons (Fsp3) is 0.682. The quantitative estimate of drug-likeness (QED) is 0.268. The summed E-state index contributed by atoms with van der Waals surface area (Å²) >= 11 is 6.30. The zero-order chi connectivity index (χ0) is 25.9. The van der Waals surface area contributed by atoms with Crippen LogP contribution in [0.25, 0.3) is 0 Å². The van der Waals surface area contributed by atoms with Crippen LogP contribution in [0.4, 0.5) is 17.6 Å². The van der Waals surface area contributed by atoms with Crippen LogP contribution in [0.5, 0.6) is 0 Å². The maximum absolute atomic E-state index is 15.1. The normalized spacial score (nSPS) is 21.8. The molecule has 0 bridgehead atoms. The van der Waals surface area contributed by atoms with E-state index in [4.69, 9.17) is 11.6 Å². The van der Waals surface area contributed by atoms with Gasteiger partial charge in [0.25, 0.3) is 5.91 Å². The first-order valence-corrected chi connectivity index (χ1v) is 13.5. The lowest BCUT2D eigenvalue weighted by atomic mass is 9.75. The SMILES string of the molecule is CCCS(=O)(=O)N1CCN(C2(C(Cl)C(F)(F)ONC(=O)c3ccccc3)CCC(F)(F)CC2)CC1.Cl. The minimum Gasteiger partial charge on any atom is -0.293 e.